The first-order chi connectivity index (χ1) is 5.77. The van der Waals surface area contributed by atoms with Crippen LogP contribution in [-0.2, 0) is 4.74 Å². The summed E-state index contributed by atoms with van der Waals surface area (Å²) in [6, 6.07) is 0. The maximum atomic E-state index is 9.37. The highest BCUT2D eigenvalue weighted by atomic mass is 16.5. The van der Waals surface area contributed by atoms with Crippen molar-refractivity contribution < 1.29 is 14.9 Å². The van der Waals surface area contributed by atoms with Gasteiger partial charge in [0.2, 0.25) is 0 Å². The summed E-state index contributed by atoms with van der Waals surface area (Å²) in [5.41, 5.74) is 0. The molecule has 0 aliphatic carbocycles. The maximum Gasteiger partial charge on any atom is 0.0992 e. The summed E-state index contributed by atoms with van der Waals surface area (Å²) < 4.78 is 5.33. The van der Waals surface area contributed by atoms with E-state index in [1.807, 2.05) is 0 Å². The number of ether oxygens (including phenoxy) is 1. The Kier molecular flexibility index (Phi) is 3.47. The molecule has 3 nitrogen and oxygen atoms in total. The van der Waals surface area contributed by atoms with Gasteiger partial charge < -0.3 is 14.9 Å². The van der Waals surface area contributed by atoms with Gasteiger partial charge in [0.15, 0.2) is 0 Å². The highest BCUT2D eigenvalue weighted by Crippen LogP contribution is 2.15. The van der Waals surface area contributed by atoms with E-state index in [0.717, 1.165) is 0 Å². The summed E-state index contributed by atoms with van der Waals surface area (Å²) in [6.45, 7) is 3.52. The van der Waals surface area contributed by atoms with Crippen LogP contribution in [0.15, 0.2) is 24.8 Å². The van der Waals surface area contributed by atoms with Crippen molar-refractivity contribution in [1.82, 2.24) is 0 Å². The zero-order chi connectivity index (χ0) is 8.97. The summed E-state index contributed by atoms with van der Waals surface area (Å²) in [4.78, 5) is 0. The number of hydrogen-bond donors (Lipinski definition) is 2. The number of hydrogen-bond acceptors (Lipinski definition) is 3. The average molecular weight is 170 g/mol. The molecule has 68 valence electrons. The van der Waals surface area contributed by atoms with Gasteiger partial charge in [0.25, 0.3) is 0 Å². The highest BCUT2D eigenvalue weighted by molar-refractivity contribution is 5.03. The van der Waals surface area contributed by atoms with Gasteiger partial charge >= 0.3 is 0 Å². The summed E-state index contributed by atoms with van der Waals surface area (Å²) >= 11 is 0. The van der Waals surface area contributed by atoms with Crippen LogP contribution in [0.4, 0.5) is 0 Å². The molecule has 3 unspecified atom stereocenters. The molecule has 0 radical (unpaired) electrons. The number of rotatable bonds is 3. The van der Waals surface area contributed by atoms with Crippen LogP contribution in [0.2, 0.25) is 0 Å². The molecule has 0 fully saturated rings. The van der Waals surface area contributed by atoms with Crippen LogP contribution in [0.5, 0.6) is 0 Å². The second-order valence-corrected chi connectivity index (χ2v) is 2.80. The molecule has 3 heteroatoms. The zero-order valence-corrected chi connectivity index (χ0v) is 6.89. The maximum absolute atomic E-state index is 9.37. The van der Waals surface area contributed by atoms with Gasteiger partial charge in [-0.2, -0.15) is 0 Å². The van der Waals surface area contributed by atoms with Crippen LogP contribution in [0.25, 0.3) is 0 Å². The minimum atomic E-state index is -0.578. The molecule has 1 aliphatic heterocycles. The van der Waals surface area contributed by atoms with Gasteiger partial charge in [-0.15, -0.1) is 6.58 Å². The molecule has 0 bridgehead atoms. The van der Waals surface area contributed by atoms with E-state index in [9.17, 15) is 5.11 Å². The van der Waals surface area contributed by atoms with Gasteiger partial charge in [-0.3, -0.25) is 0 Å². The predicted molar refractivity (Wildman–Crippen MR) is 45.7 cm³/mol. The molecule has 12 heavy (non-hydrogen) atoms. The Labute approximate surface area is 72.0 Å². The van der Waals surface area contributed by atoms with Crippen LogP contribution in [0.3, 0.4) is 0 Å². The third-order valence-corrected chi connectivity index (χ3v) is 1.83. The lowest BCUT2D eigenvalue weighted by molar-refractivity contribution is -0.0692. The molecule has 0 aromatic heterocycles. The molecule has 0 amide bonds. The van der Waals surface area contributed by atoms with Crippen LogP contribution < -0.4 is 0 Å². The smallest absolute Gasteiger partial charge is 0.0992 e. The van der Waals surface area contributed by atoms with E-state index in [2.05, 4.69) is 6.58 Å². The monoisotopic (exact) mass is 170 g/mol. The molecule has 1 rings (SSSR count). The Bertz CT molecular complexity index is 177. The number of aliphatic hydroxyl groups is 2. The molecule has 1 aliphatic rings. The Balaban J connectivity index is 2.53. The van der Waals surface area contributed by atoms with Crippen molar-refractivity contribution >= 4 is 0 Å². The van der Waals surface area contributed by atoms with Gasteiger partial charge in [-0.05, 0) is 6.42 Å². The van der Waals surface area contributed by atoms with Crippen molar-refractivity contribution in [3.8, 4) is 0 Å². The summed E-state index contributed by atoms with van der Waals surface area (Å²) in [6.07, 6.45) is 4.50. The zero-order valence-electron chi connectivity index (χ0n) is 6.89. The summed E-state index contributed by atoms with van der Waals surface area (Å²) in [5.74, 6) is 0. The van der Waals surface area contributed by atoms with Gasteiger partial charge in [-0.25, -0.2) is 0 Å². The van der Waals surface area contributed by atoms with E-state index in [4.69, 9.17) is 9.84 Å². The van der Waals surface area contributed by atoms with Crippen molar-refractivity contribution in [1.29, 1.82) is 0 Å². The molecular weight excluding hydrogens is 156 g/mol. The van der Waals surface area contributed by atoms with E-state index in [1.54, 1.807) is 18.2 Å². The Hall–Kier alpha value is -0.640. The lowest BCUT2D eigenvalue weighted by Gasteiger charge is -2.27. The Morgan fingerprint density at radius 2 is 2.25 bits per heavy atom. The van der Waals surface area contributed by atoms with Crippen molar-refractivity contribution in [3.05, 3.63) is 24.8 Å². The topological polar surface area (TPSA) is 49.7 Å². The second kappa shape index (κ2) is 4.40. The first-order valence-electron chi connectivity index (χ1n) is 4.01. The quantitative estimate of drug-likeness (QED) is 0.596. The molecule has 1 heterocycles. The van der Waals surface area contributed by atoms with Crippen LogP contribution in [0, 0.1) is 0 Å². The van der Waals surface area contributed by atoms with E-state index in [1.165, 1.54) is 0 Å². The fourth-order valence-electron chi connectivity index (χ4n) is 1.18. The van der Waals surface area contributed by atoms with Crippen molar-refractivity contribution in [2.75, 3.05) is 6.61 Å². The van der Waals surface area contributed by atoms with Crippen LogP contribution in [-0.4, -0.2) is 35.1 Å². The van der Waals surface area contributed by atoms with E-state index in [-0.39, 0.29) is 18.8 Å². The Morgan fingerprint density at radius 1 is 1.50 bits per heavy atom. The minimum absolute atomic E-state index is 0.0448. The molecule has 0 saturated carbocycles. The summed E-state index contributed by atoms with van der Waals surface area (Å²) in [7, 11) is 0. The SMILES string of the molecule is C=CCC1OC(CO)C=CC1O. The third kappa shape index (κ3) is 2.17. The first kappa shape index (κ1) is 9.45. The average Bonchev–Trinajstić information content (AvgIpc) is 2.09. The van der Waals surface area contributed by atoms with Gasteiger partial charge in [-0.1, -0.05) is 18.2 Å². The molecule has 2 N–H and O–H groups in total. The molecule has 0 aromatic carbocycles. The van der Waals surface area contributed by atoms with Crippen LogP contribution >= 0.6 is 0 Å². The third-order valence-electron chi connectivity index (χ3n) is 1.83. The largest absolute Gasteiger partial charge is 0.393 e. The molecule has 0 aromatic rings. The van der Waals surface area contributed by atoms with Crippen molar-refractivity contribution in [3.63, 3.8) is 0 Å². The fourth-order valence-corrected chi connectivity index (χ4v) is 1.18. The van der Waals surface area contributed by atoms with Gasteiger partial charge in [0, 0.05) is 0 Å². The van der Waals surface area contributed by atoms with Gasteiger partial charge in [0.05, 0.1) is 24.9 Å². The highest BCUT2D eigenvalue weighted by Gasteiger charge is 2.23. The first-order valence-corrected chi connectivity index (χ1v) is 4.01. The normalized spacial score (nSPS) is 35.0. The van der Waals surface area contributed by atoms with E-state index in [0.29, 0.717) is 6.42 Å². The van der Waals surface area contributed by atoms with Crippen molar-refractivity contribution in [2.24, 2.45) is 0 Å². The molecule has 0 spiro atoms. The minimum Gasteiger partial charge on any atom is -0.393 e. The molecule has 0 saturated heterocycles. The Morgan fingerprint density at radius 3 is 2.83 bits per heavy atom. The number of aliphatic hydroxyl groups excluding tert-OH is 2. The lowest BCUT2D eigenvalue weighted by Crippen LogP contribution is -2.36. The predicted octanol–water partition coefficient (Wildman–Crippen LogP) is 0.239. The second-order valence-electron chi connectivity index (χ2n) is 2.80. The lowest BCUT2D eigenvalue weighted by atomic mass is 10.1. The van der Waals surface area contributed by atoms with Gasteiger partial charge in [0.1, 0.15) is 0 Å². The summed E-state index contributed by atoms with van der Waals surface area (Å²) in [5, 5.41) is 18.2. The molecule has 3 atom stereocenters. The fraction of sp³-hybridized carbons (Fsp3) is 0.556. The van der Waals surface area contributed by atoms with E-state index >= 15 is 0 Å². The molecular formula is C9H14O3. The van der Waals surface area contributed by atoms with E-state index < -0.39 is 6.10 Å². The van der Waals surface area contributed by atoms with Crippen LogP contribution in [0.1, 0.15) is 6.42 Å². The van der Waals surface area contributed by atoms with Crippen molar-refractivity contribution in [2.45, 2.75) is 24.7 Å². The standard InChI is InChI=1S/C9H14O3/c1-2-3-9-8(11)5-4-7(6-10)12-9/h2,4-5,7-11H,1,3,6H2.